The van der Waals surface area contributed by atoms with E-state index in [1.165, 1.54) is 38.2 Å². The van der Waals surface area contributed by atoms with Gasteiger partial charge in [0.15, 0.2) is 6.10 Å². The number of carbonyl (C=O) groups is 2. The number of ketones is 1. The Morgan fingerprint density at radius 3 is 2.25 bits per heavy atom. The van der Waals surface area contributed by atoms with Gasteiger partial charge in [-0.1, -0.05) is 23.7 Å². The summed E-state index contributed by atoms with van der Waals surface area (Å²) in [7, 11) is -2.62. The van der Waals surface area contributed by atoms with Crippen molar-refractivity contribution in [2.45, 2.75) is 31.8 Å². The fourth-order valence-electron chi connectivity index (χ4n) is 2.47. The van der Waals surface area contributed by atoms with Crippen LogP contribution in [0.5, 0.6) is 0 Å². The Labute approximate surface area is 170 Å². The first-order chi connectivity index (χ1) is 13.0. The summed E-state index contributed by atoms with van der Waals surface area (Å²) in [6, 6.07) is 10.8. The van der Waals surface area contributed by atoms with Gasteiger partial charge in [0.2, 0.25) is 15.8 Å². The van der Waals surface area contributed by atoms with Crippen molar-refractivity contribution in [2.24, 2.45) is 0 Å². The smallest absolute Gasteiger partial charge is 0.322 e. The summed E-state index contributed by atoms with van der Waals surface area (Å²) in [5.74, 6) is -1.16. The lowest BCUT2D eigenvalue weighted by Gasteiger charge is -2.18. The van der Waals surface area contributed by atoms with Crippen LogP contribution in [0.3, 0.4) is 0 Å². The Bertz CT molecular complexity index is 986. The molecule has 2 aromatic carbocycles. The predicted molar refractivity (Wildman–Crippen MR) is 107 cm³/mol. The van der Waals surface area contributed by atoms with E-state index in [4.69, 9.17) is 16.3 Å². The average Bonchev–Trinajstić information content (AvgIpc) is 2.63. The number of aryl methyl sites for hydroxylation is 2. The molecule has 0 saturated carbocycles. The number of esters is 1. The first-order valence-corrected chi connectivity index (χ1v) is 10.4. The number of benzene rings is 2. The van der Waals surface area contributed by atoms with Crippen molar-refractivity contribution in [2.75, 3.05) is 13.6 Å². The largest absolute Gasteiger partial charge is 0.453 e. The van der Waals surface area contributed by atoms with Crippen LogP contribution in [0.4, 0.5) is 0 Å². The number of ether oxygens (including phenoxy) is 1. The molecule has 1 unspecified atom stereocenters. The predicted octanol–water partition coefficient (Wildman–Crippen LogP) is 3.39. The first kappa shape index (κ1) is 22.1. The van der Waals surface area contributed by atoms with E-state index in [-0.39, 0.29) is 10.7 Å². The van der Waals surface area contributed by atoms with Crippen LogP contribution in [-0.4, -0.2) is 44.2 Å². The molecule has 8 heteroatoms. The van der Waals surface area contributed by atoms with Gasteiger partial charge in [-0.2, -0.15) is 4.31 Å². The monoisotopic (exact) mass is 423 g/mol. The summed E-state index contributed by atoms with van der Waals surface area (Å²) in [6.07, 6.45) is -1.03. The number of hydrogen-bond donors (Lipinski definition) is 0. The van der Waals surface area contributed by atoms with Crippen LogP contribution in [0.1, 0.15) is 28.4 Å². The molecule has 0 aromatic heterocycles. The van der Waals surface area contributed by atoms with Crippen molar-refractivity contribution >= 4 is 33.4 Å². The van der Waals surface area contributed by atoms with E-state index < -0.39 is 28.6 Å². The van der Waals surface area contributed by atoms with Gasteiger partial charge in [0.05, 0.1) is 4.90 Å². The fourth-order valence-corrected chi connectivity index (χ4v) is 3.71. The van der Waals surface area contributed by atoms with E-state index in [2.05, 4.69) is 0 Å². The second-order valence-corrected chi connectivity index (χ2v) is 8.99. The first-order valence-electron chi connectivity index (χ1n) is 8.55. The lowest BCUT2D eigenvalue weighted by atomic mass is 10.0. The number of rotatable bonds is 7. The molecule has 0 amide bonds. The summed E-state index contributed by atoms with van der Waals surface area (Å²) in [5, 5.41) is 0.402. The molecule has 28 heavy (non-hydrogen) atoms. The minimum absolute atomic E-state index is 0.00598. The highest BCUT2D eigenvalue weighted by atomic mass is 35.5. The topological polar surface area (TPSA) is 80.8 Å². The van der Waals surface area contributed by atoms with Gasteiger partial charge in [0.1, 0.15) is 6.54 Å². The third kappa shape index (κ3) is 5.19. The lowest BCUT2D eigenvalue weighted by molar-refractivity contribution is -0.146. The van der Waals surface area contributed by atoms with Crippen molar-refractivity contribution < 1.29 is 22.7 Å². The van der Waals surface area contributed by atoms with Crippen LogP contribution in [0.2, 0.25) is 5.02 Å². The van der Waals surface area contributed by atoms with Crippen LogP contribution in [0, 0.1) is 13.8 Å². The molecule has 0 radical (unpaired) electrons. The zero-order chi connectivity index (χ0) is 21.1. The van der Waals surface area contributed by atoms with E-state index >= 15 is 0 Å². The molecule has 0 fully saturated rings. The summed E-state index contributed by atoms with van der Waals surface area (Å²) in [6.45, 7) is 4.77. The number of nitrogens with zero attached hydrogens (tertiary/aromatic N) is 1. The number of halogens is 1. The highest BCUT2D eigenvalue weighted by Crippen LogP contribution is 2.18. The zero-order valence-corrected chi connectivity index (χ0v) is 17.7. The SMILES string of the molecule is Cc1ccc(C(=O)C(C)OC(=O)CN(C)S(=O)(=O)c2ccc(Cl)cc2)cc1C. The number of likely N-dealkylation sites (N-methyl/N-ethyl adjacent to an activating group) is 1. The van der Waals surface area contributed by atoms with Crippen LogP contribution in [0.25, 0.3) is 0 Å². The Morgan fingerprint density at radius 1 is 1.07 bits per heavy atom. The van der Waals surface area contributed by atoms with E-state index in [1.807, 2.05) is 19.9 Å². The lowest BCUT2D eigenvalue weighted by Crippen LogP contribution is -2.35. The Morgan fingerprint density at radius 2 is 1.68 bits per heavy atom. The second-order valence-electron chi connectivity index (χ2n) is 6.51. The Hall–Kier alpha value is -2.22. The van der Waals surface area contributed by atoms with Gasteiger partial charge in [-0.25, -0.2) is 8.42 Å². The standard InChI is InChI=1S/C20H22ClNO5S/c1-13-5-6-16(11-14(13)2)20(24)15(3)27-19(23)12-22(4)28(25,26)18-9-7-17(21)8-10-18/h5-11,15H,12H2,1-4H3. The fraction of sp³-hybridized carbons (Fsp3) is 0.300. The van der Waals surface area contributed by atoms with Crippen molar-refractivity contribution in [1.29, 1.82) is 0 Å². The molecule has 0 N–H and O–H groups in total. The molecule has 0 spiro atoms. The van der Waals surface area contributed by atoms with Gasteiger partial charge in [-0.3, -0.25) is 9.59 Å². The van der Waals surface area contributed by atoms with Crippen molar-refractivity contribution in [3.8, 4) is 0 Å². The minimum atomic E-state index is -3.88. The highest BCUT2D eigenvalue weighted by Gasteiger charge is 2.26. The summed E-state index contributed by atoms with van der Waals surface area (Å²) in [5.41, 5.74) is 2.44. The molecule has 150 valence electrons. The summed E-state index contributed by atoms with van der Waals surface area (Å²) >= 11 is 5.77. The van der Waals surface area contributed by atoms with Gasteiger partial charge in [-0.15, -0.1) is 0 Å². The molecular formula is C20H22ClNO5S. The maximum atomic E-state index is 12.5. The van der Waals surface area contributed by atoms with Gasteiger partial charge in [-0.05, 0) is 62.2 Å². The minimum Gasteiger partial charge on any atom is -0.453 e. The number of sulfonamides is 1. The van der Waals surface area contributed by atoms with Crippen molar-refractivity contribution in [3.05, 3.63) is 64.2 Å². The van der Waals surface area contributed by atoms with Gasteiger partial charge < -0.3 is 4.74 Å². The van der Waals surface area contributed by atoms with Crippen molar-refractivity contribution in [3.63, 3.8) is 0 Å². The van der Waals surface area contributed by atoms with Crippen LogP contribution < -0.4 is 0 Å². The molecule has 0 aliphatic carbocycles. The number of Topliss-reactive ketones (excluding diaryl/α,β-unsaturated/α-hetero) is 1. The average molecular weight is 424 g/mol. The van der Waals surface area contributed by atoms with Gasteiger partial charge in [0.25, 0.3) is 0 Å². The quantitative estimate of drug-likeness (QED) is 0.503. The Balaban J connectivity index is 2.02. The second kappa shape index (κ2) is 8.86. The van der Waals surface area contributed by atoms with Gasteiger partial charge in [0, 0.05) is 17.6 Å². The van der Waals surface area contributed by atoms with Crippen molar-refractivity contribution in [1.82, 2.24) is 4.31 Å². The van der Waals surface area contributed by atoms with Gasteiger partial charge >= 0.3 is 5.97 Å². The molecule has 2 rings (SSSR count). The highest BCUT2D eigenvalue weighted by molar-refractivity contribution is 7.89. The van der Waals surface area contributed by atoms with E-state index in [0.29, 0.717) is 10.6 Å². The van der Waals surface area contributed by atoms with E-state index in [1.54, 1.807) is 12.1 Å². The van der Waals surface area contributed by atoms with E-state index in [9.17, 15) is 18.0 Å². The maximum Gasteiger partial charge on any atom is 0.322 e. The molecule has 1 atom stereocenters. The number of hydrogen-bond acceptors (Lipinski definition) is 5. The summed E-state index contributed by atoms with van der Waals surface area (Å²) < 4.78 is 31.0. The van der Waals surface area contributed by atoms with Crippen LogP contribution in [-0.2, 0) is 19.6 Å². The molecule has 0 saturated heterocycles. The third-order valence-electron chi connectivity index (χ3n) is 4.34. The normalized spacial score (nSPS) is 12.6. The Kier molecular flexibility index (Phi) is 6.98. The molecule has 0 aliphatic heterocycles. The maximum absolute atomic E-state index is 12.5. The molecular weight excluding hydrogens is 402 g/mol. The third-order valence-corrected chi connectivity index (χ3v) is 6.41. The van der Waals surface area contributed by atoms with Crippen LogP contribution >= 0.6 is 11.6 Å². The van der Waals surface area contributed by atoms with E-state index in [0.717, 1.165) is 15.4 Å². The molecule has 0 aliphatic rings. The summed E-state index contributed by atoms with van der Waals surface area (Å²) in [4.78, 5) is 24.6. The van der Waals surface area contributed by atoms with Crippen LogP contribution in [0.15, 0.2) is 47.4 Å². The zero-order valence-electron chi connectivity index (χ0n) is 16.1. The molecule has 0 bridgehead atoms. The molecule has 6 nitrogen and oxygen atoms in total. The molecule has 2 aromatic rings. The number of carbonyl (C=O) groups excluding carboxylic acids is 2. The molecule has 0 heterocycles.